The number of carbonyl (C=O) groups is 2. The summed E-state index contributed by atoms with van der Waals surface area (Å²) >= 11 is 9.51. The van der Waals surface area contributed by atoms with E-state index < -0.39 is 6.04 Å². The Labute approximate surface area is 220 Å². The molecule has 184 valence electrons. The molecular formula is C28H30BrClN2O3. The van der Waals surface area contributed by atoms with E-state index in [-0.39, 0.29) is 31.0 Å². The number of rotatable bonds is 11. The van der Waals surface area contributed by atoms with Crippen LogP contribution in [0.15, 0.2) is 83.3 Å². The molecule has 0 saturated carbocycles. The van der Waals surface area contributed by atoms with Gasteiger partial charge in [0.05, 0.1) is 0 Å². The summed E-state index contributed by atoms with van der Waals surface area (Å²) in [5, 5.41) is 3.59. The summed E-state index contributed by atoms with van der Waals surface area (Å²) in [4.78, 5) is 28.6. The largest absolute Gasteiger partial charge is 0.484 e. The maximum absolute atomic E-state index is 13.5. The number of nitrogens with one attached hydrogen (secondary N) is 1. The zero-order valence-electron chi connectivity index (χ0n) is 19.9. The molecule has 3 aromatic rings. The van der Waals surface area contributed by atoms with Gasteiger partial charge in [-0.3, -0.25) is 9.59 Å². The van der Waals surface area contributed by atoms with Crippen molar-refractivity contribution < 1.29 is 14.3 Å². The van der Waals surface area contributed by atoms with Crippen LogP contribution in [0.5, 0.6) is 5.75 Å². The third-order valence-electron chi connectivity index (χ3n) is 5.70. The van der Waals surface area contributed by atoms with Gasteiger partial charge in [0.2, 0.25) is 5.91 Å². The second kappa shape index (κ2) is 13.3. The van der Waals surface area contributed by atoms with E-state index in [9.17, 15) is 9.59 Å². The van der Waals surface area contributed by atoms with Crippen molar-refractivity contribution in [2.45, 2.75) is 45.3 Å². The number of ether oxygens (including phenoxy) is 1. The highest BCUT2D eigenvalue weighted by molar-refractivity contribution is 9.10. The Morgan fingerprint density at radius 3 is 2.37 bits per heavy atom. The molecule has 5 nitrogen and oxygen atoms in total. The van der Waals surface area contributed by atoms with Crippen molar-refractivity contribution >= 4 is 39.3 Å². The summed E-state index contributed by atoms with van der Waals surface area (Å²) in [6, 6.07) is 23.7. The van der Waals surface area contributed by atoms with E-state index in [2.05, 4.69) is 21.2 Å². The molecule has 0 bridgehead atoms. The third kappa shape index (κ3) is 8.41. The zero-order valence-corrected chi connectivity index (χ0v) is 22.3. The van der Waals surface area contributed by atoms with Crippen molar-refractivity contribution in [3.8, 4) is 5.75 Å². The number of carbonyl (C=O) groups excluding carboxylic acids is 2. The predicted molar refractivity (Wildman–Crippen MR) is 143 cm³/mol. The summed E-state index contributed by atoms with van der Waals surface area (Å²) < 4.78 is 6.70. The first-order valence-corrected chi connectivity index (χ1v) is 12.8. The Kier molecular flexibility index (Phi) is 10.2. The van der Waals surface area contributed by atoms with Gasteiger partial charge in [-0.15, -0.1) is 0 Å². The summed E-state index contributed by atoms with van der Waals surface area (Å²) in [5.74, 6) is 0.0302. The van der Waals surface area contributed by atoms with Gasteiger partial charge in [-0.25, -0.2) is 0 Å². The lowest BCUT2D eigenvalue weighted by Gasteiger charge is -2.32. The molecule has 3 aromatic carbocycles. The Bertz CT molecular complexity index is 1110. The minimum Gasteiger partial charge on any atom is -0.484 e. The Morgan fingerprint density at radius 2 is 1.71 bits per heavy atom. The molecule has 0 fully saturated rings. The Balaban J connectivity index is 1.90. The molecule has 0 heterocycles. The fraction of sp³-hybridized carbons (Fsp3) is 0.286. The molecule has 35 heavy (non-hydrogen) atoms. The van der Waals surface area contributed by atoms with Crippen molar-refractivity contribution in [1.29, 1.82) is 0 Å². The van der Waals surface area contributed by atoms with E-state index in [0.29, 0.717) is 17.2 Å². The highest BCUT2D eigenvalue weighted by Crippen LogP contribution is 2.20. The van der Waals surface area contributed by atoms with Gasteiger partial charge in [0.1, 0.15) is 11.8 Å². The standard InChI is InChI=1S/C28H30BrClN2O3/c1-3-20(2)31-28(34)26(16-21-8-5-4-6-9-21)32(18-22-12-14-23(29)15-13-22)27(33)19-35-25-11-7-10-24(30)17-25/h4-15,17,20,26H,3,16,18-19H2,1-2H3,(H,31,34)/t20-,26-/m1/s1. The van der Waals surface area contributed by atoms with Gasteiger partial charge in [0.15, 0.2) is 6.61 Å². The molecule has 1 N–H and O–H groups in total. The van der Waals surface area contributed by atoms with Crippen LogP contribution in [0, 0.1) is 0 Å². The zero-order chi connectivity index (χ0) is 25.2. The van der Waals surface area contributed by atoms with Gasteiger partial charge in [0.25, 0.3) is 5.91 Å². The first-order chi connectivity index (χ1) is 16.9. The number of hydrogen-bond acceptors (Lipinski definition) is 3. The molecule has 0 aliphatic heterocycles. The highest BCUT2D eigenvalue weighted by atomic mass is 79.9. The van der Waals surface area contributed by atoms with Crippen LogP contribution in [0.1, 0.15) is 31.4 Å². The van der Waals surface area contributed by atoms with Gasteiger partial charge in [-0.2, -0.15) is 0 Å². The van der Waals surface area contributed by atoms with Crippen LogP contribution < -0.4 is 10.1 Å². The molecule has 0 aliphatic carbocycles. The maximum atomic E-state index is 13.5. The smallest absolute Gasteiger partial charge is 0.261 e. The molecule has 3 rings (SSSR count). The maximum Gasteiger partial charge on any atom is 0.261 e. The molecule has 0 spiro atoms. The van der Waals surface area contributed by atoms with Crippen molar-refractivity contribution in [3.63, 3.8) is 0 Å². The van der Waals surface area contributed by atoms with Gasteiger partial charge in [-0.1, -0.05) is 83.0 Å². The van der Waals surface area contributed by atoms with Crippen LogP contribution in [0.25, 0.3) is 0 Å². The predicted octanol–water partition coefficient (Wildman–Crippen LogP) is 6.04. The van der Waals surface area contributed by atoms with Gasteiger partial charge >= 0.3 is 0 Å². The molecule has 0 unspecified atom stereocenters. The first-order valence-electron chi connectivity index (χ1n) is 11.6. The van der Waals surface area contributed by atoms with E-state index in [4.69, 9.17) is 16.3 Å². The Hall–Kier alpha value is -2.83. The molecular weight excluding hydrogens is 528 g/mol. The number of benzene rings is 3. The van der Waals surface area contributed by atoms with Crippen LogP contribution in [0.4, 0.5) is 0 Å². The topological polar surface area (TPSA) is 58.6 Å². The average molecular weight is 558 g/mol. The first kappa shape index (κ1) is 26.8. The summed E-state index contributed by atoms with van der Waals surface area (Å²) in [5.41, 5.74) is 1.89. The van der Waals surface area contributed by atoms with Crippen molar-refractivity contribution in [2.24, 2.45) is 0 Å². The van der Waals surface area contributed by atoms with Crippen LogP contribution in [-0.4, -0.2) is 35.4 Å². The number of hydrogen-bond donors (Lipinski definition) is 1. The molecule has 2 amide bonds. The summed E-state index contributed by atoms with van der Waals surface area (Å²) in [7, 11) is 0. The second-order valence-electron chi connectivity index (χ2n) is 8.42. The van der Waals surface area contributed by atoms with Crippen molar-refractivity contribution in [1.82, 2.24) is 10.2 Å². The highest BCUT2D eigenvalue weighted by Gasteiger charge is 2.31. The molecule has 0 radical (unpaired) electrons. The lowest BCUT2D eigenvalue weighted by molar-refractivity contribution is -0.143. The van der Waals surface area contributed by atoms with E-state index in [1.54, 1.807) is 29.2 Å². The molecule has 0 saturated heterocycles. The van der Waals surface area contributed by atoms with Gasteiger partial charge < -0.3 is 15.0 Å². The van der Waals surface area contributed by atoms with Crippen LogP contribution >= 0.6 is 27.5 Å². The quantitative estimate of drug-likeness (QED) is 0.313. The van der Waals surface area contributed by atoms with Crippen molar-refractivity contribution in [3.05, 3.63) is 99.5 Å². The average Bonchev–Trinajstić information content (AvgIpc) is 2.86. The van der Waals surface area contributed by atoms with Crippen LogP contribution in [-0.2, 0) is 22.6 Å². The van der Waals surface area contributed by atoms with Crippen molar-refractivity contribution in [2.75, 3.05) is 6.61 Å². The second-order valence-corrected chi connectivity index (χ2v) is 9.77. The lowest BCUT2D eigenvalue weighted by Crippen LogP contribution is -2.53. The SMILES string of the molecule is CC[C@@H](C)NC(=O)[C@@H](Cc1ccccc1)N(Cc1ccc(Br)cc1)C(=O)COc1cccc(Cl)c1. The normalized spacial score (nSPS) is 12.5. The number of halogens is 2. The molecule has 0 aliphatic rings. The fourth-order valence-corrected chi connectivity index (χ4v) is 4.01. The van der Waals surface area contributed by atoms with E-state index >= 15 is 0 Å². The third-order valence-corrected chi connectivity index (χ3v) is 6.46. The summed E-state index contributed by atoms with van der Waals surface area (Å²) in [6.45, 7) is 4.04. The van der Waals surface area contributed by atoms with E-state index in [1.165, 1.54) is 0 Å². The molecule has 7 heteroatoms. The van der Waals surface area contributed by atoms with E-state index in [1.807, 2.05) is 68.4 Å². The van der Waals surface area contributed by atoms with Crippen LogP contribution in [0.2, 0.25) is 5.02 Å². The molecule has 0 aromatic heterocycles. The minimum absolute atomic E-state index is 0.00637. The fourth-order valence-electron chi connectivity index (χ4n) is 3.57. The van der Waals surface area contributed by atoms with Gasteiger partial charge in [0, 0.05) is 28.5 Å². The minimum atomic E-state index is -0.703. The molecule has 2 atom stereocenters. The van der Waals surface area contributed by atoms with E-state index in [0.717, 1.165) is 22.0 Å². The monoisotopic (exact) mass is 556 g/mol. The Morgan fingerprint density at radius 1 is 1.00 bits per heavy atom. The van der Waals surface area contributed by atoms with Gasteiger partial charge in [-0.05, 0) is 54.8 Å². The number of nitrogens with zero attached hydrogens (tertiary/aromatic N) is 1. The van der Waals surface area contributed by atoms with Crippen LogP contribution in [0.3, 0.4) is 0 Å². The number of amides is 2. The summed E-state index contributed by atoms with van der Waals surface area (Å²) in [6.07, 6.45) is 1.19. The lowest BCUT2D eigenvalue weighted by atomic mass is 10.0.